The van der Waals surface area contributed by atoms with E-state index in [1.807, 2.05) is 19.2 Å². The first-order chi connectivity index (χ1) is 8.74. The standard InChI is InChI=1S/C15H23FN2/c1-17-11-13-14(16)9-6-10-15(13)18(2)12-7-4-3-5-8-12/h6,9-10,12,17H,3-5,7-8,11H2,1-2H3. The van der Waals surface area contributed by atoms with Crippen LogP contribution in [0.1, 0.15) is 37.7 Å². The van der Waals surface area contributed by atoms with E-state index < -0.39 is 0 Å². The largest absolute Gasteiger partial charge is 0.371 e. The zero-order valence-electron chi connectivity index (χ0n) is 11.4. The Morgan fingerprint density at radius 2 is 2.00 bits per heavy atom. The van der Waals surface area contributed by atoms with E-state index >= 15 is 0 Å². The molecule has 0 radical (unpaired) electrons. The van der Waals surface area contributed by atoms with Crippen LogP contribution in [0.5, 0.6) is 0 Å². The third-order valence-corrected chi connectivity index (χ3v) is 3.95. The summed E-state index contributed by atoms with van der Waals surface area (Å²) in [4.78, 5) is 2.27. The lowest BCUT2D eigenvalue weighted by atomic mass is 9.93. The fraction of sp³-hybridized carbons (Fsp3) is 0.600. The van der Waals surface area contributed by atoms with Crippen LogP contribution in [0, 0.1) is 5.82 Å². The van der Waals surface area contributed by atoms with Gasteiger partial charge in [-0.3, -0.25) is 0 Å². The van der Waals surface area contributed by atoms with E-state index in [1.54, 1.807) is 6.07 Å². The van der Waals surface area contributed by atoms with Gasteiger partial charge in [-0.2, -0.15) is 0 Å². The van der Waals surface area contributed by atoms with Gasteiger partial charge < -0.3 is 10.2 Å². The molecule has 0 bridgehead atoms. The van der Waals surface area contributed by atoms with E-state index in [0.717, 1.165) is 11.3 Å². The van der Waals surface area contributed by atoms with Crippen LogP contribution in [0.25, 0.3) is 0 Å². The number of rotatable bonds is 4. The van der Waals surface area contributed by atoms with Crippen molar-refractivity contribution in [1.29, 1.82) is 0 Å². The molecule has 0 aliphatic heterocycles. The number of halogens is 1. The van der Waals surface area contributed by atoms with Gasteiger partial charge in [0.15, 0.2) is 0 Å². The predicted molar refractivity (Wildman–Crippen MR) is 74.4 cm³/mol. The molecule has 2 rings (SSSR count). The smallest absolute Gasteiger partial charge is 0.129 e. The molecule has 1 aliphatic carbocycles. The predicted octanol–water partition coefficient (Wildman–Crippen LogP) is 3.31. The highest BCUT2D eigenvalue weighted by atomic mass is 19.1. The summed E-state index contributed by atoms with van der Waals surface area (Å²) in [6.07, 6.45) is 6.40. The van der Waals surface area contributed by atoms with Crippen molar-refractivity contribution in [3.05, 3.63) is 29.6 Å². The summed E-state index contributed by atoms with van der Waals surface area (Å²) in [5, 5.41) is 3.06. The number of hydrogen-bond acceptors (Lipinski definition) is 2. The lowest BCUT2D eigenvalue weighted by molar-refractivity contribution is 0.426. The normalized spacial score (nSPS) is 16.8. The molecule has 0 spiro atoms. The van der Waals surface area contributed by atoms with Crippen LogP contribution in [-0.4, -0.2) is 20.1 Å². The minimum absolute atomic E-state index is 0.107. The van der Waals surface area contributed by atoms with Crippen molar-refractivity contribution >= 4 is 5.69 Å². The van der Waals surface area contributed by atoms with Crippen LogP contribution < -0.4 is 10.2 Å². The van der Waals surface area contributed by atoms with Gasteiger partial charge >= 0.3 is 0 Å². The van der Waals surface area contributed by atoms with Crippen molar-refractivity contribution in [1.82, 2.24) is 5.32 Å². The fourth-order valence-electron chi connectivity index (χ4n) is 2.89. The van der Waals surface area contributed by atoms with Gasteiger partial charge in [0, 0.05) is 30.9 Å². The Morgan fingerprint density at radius 3 is 2.67 bits per heavy atom. The second kappa shape index (κ2) is 6.19. The van der Waals surface area contributed by atoms with Gasteiger partial charge in [-0.25, -0.2) is 4.39 Å². The zero-order chi connectivity index (χ0) is 13.0. The van der Waals surface area contributed by atoms with Crippen molar-refractivity contribution in [2.45, 2.75) is 44.7 Å². The molecule has 0 amide bonds. The average molecular weight is 250 g/mol. The molecule has 1 saturated carbocycles. The molecule has 1 aromatic rings. The molecule has 3 heteroatoms. The minimum Gasteiger partial charge on any atom is -0.371 e. The molecule has 100 valence electrons. The lowest BCUT2D eigenvalue weighted by Gasteiger charge is -2.34. The van der Waals surface area contributed by atoms with Crippen LogP contribution in [0.4, 0.5) is 10.1 Å². The second-order valence-electron chi connectivity index (χ2n) is 5.17. The summed E-state index contributed by atoms with van der Waals surface area (Å²) in [5.41, 5.74) is 1.82. The second-order valence-corrected chi connectivity index (χ2v) is 5.17. The Kier molecular flexibility index (Phi) is 4.59. The molecule has 1 aliphatic rings. The molecule has 0 heterocycles. The first-order valence-electron chi connectivity index (χ1n) is 6.89. The summed E-state index contributed by atoms with van der Waals surface area (Å²) in [6.45, 7) is 0.582. The molecule has 0 saturated heterocycles. The van der Waals surface area contributed by atoms with E-state index in [9.17, 15) is 4.39 Å². The number of nitrogens with zero attached hydrogens (tertiary/aromatic N) is 1. The Hall–Kier alpha value is -1.09. The Labute approximate surface area is 109 Å². The Balaban J connectivity index is 2.22. The average Bonchev–Trinajstić information content (AvgIpc) is 2.41. The van der Waals surface area contributed by atoms with Crippen LogP contribution in [0.2, 0.25) is 0 Å². The molecule has 2 nitrogen and oxygen atoms in total. The molecule has 0 atom stereocenters. The topological polar surface area (TPSA) is 15.3 Å². The Bertz CT molecular complexity index is 386. The quantitative estimate of drug-likeness (QED) is 0.882. The minimum atomic E-state index is -0.107. The third-order valence-electron chi connectivity index (χ3n) is 3.95. The summed E-state index contributed by atoms with van der Waals surface area (Å²) >= 11 is 0. The van der Waals surface area contributed by atoms with Crippen molar-refractivity contribution < 1.29 is 4.39 Å². The Morgan fingerprint density at radius 1 is 1.28 bits per heavy atom. The highest BCUT2D eigenvalue weighted by molar-refractivity contribution is 5.54. The zero-order valence-corrected chi connectivity index (χ0v) is 11.4. The van der Waals surface area contributed by atoms with Crippen molar-refractivity contribution in [2.24, 2.45) is 0 Å². The lowest BCUT2D eigenvalue weighted by Crippen LogP contribution is -2.34. The van der Waals surface area contributed by atoms with E-state index in [-0.39, 0.29) is 5.82 Å². The summed E-state index contributed by atoms with van der Waals surface area (Å²) in [7, 11) is 3.96. The fourth-order valence-corrected chi connectivity index (χ4v) is 2.89. The summed E-state index contributed by atoms with van der Waals surface area (Å²) < 4.78 is 13.9. The van der Waals surface area contributed by atoms with E-state index in [4.69, 9.17) is 0 Å². The van der Waals surface area contributed by atoms with Gasteiger partial charge in [0.05, 0.1) is 0 Å². The summed E-state index contributed by atoms with van der Waals surface area (Å²) in [6, 6.07) is 5.95. The number of hydrogen-bond donors (Lipinski definition) is 1. The van der Waals surface area contributed by atoms with Crippen molar-refractivity contribution in [3.8, 4) is 0 Å². The van der Waals surface area contributed by atoms with Crippen LogP contribution in [-0.2, 0) is 6.54 Å². The number of anilines is 1. The highest BCUT2D eigenvalue weighted by Gasteiger charge is 2.21. The van der Waals surface area contributed by atoms with Gasteiger partial charge in [-0.05, 0) is 32.0 Å². The molecule has 0 aromatic heterocycles. The van der Waals surface area contributed by atoms with Gasteiger partial charge in [0.2, 0.25) is 0 Å². The summed E-state index contributed by atoms with van der Waals surface area (Å²) in [5.74, 6) is -0.107. The molecule has 0 unspecified atom stereocenters. The van der Waals surface area contributed by atoms with E-state index in [1.165, 1.54) is 32.1 Å². The first-order valence-corrected chi connectivity index (χ1v) is 6.89. The maximum atomic E-state index is 13.9. The third kappa shape index (κ3) is 2.83. The van der Waals surface area contributed by atoms with E-state index in [2.05, 4.69) is 17.3 Å². The van der Waals surface area contributed by atoms with Crippen LogP contribution in [0.3, 0.4) is 0 Å². The SMILES string of the molecule is CNCc1c(F)cccc1N(C)C1CCCCC1. The van der Waals surface area contributed by atoms with Gasteiger partial charge in [0.1, 0.15) is 5.82 Å². The molecular formula is C15H23FN2. The van der Waals surface area contributed by atoms with E-state index in [0.29, 0.717) is 12.6 Å². The maximum Gasteiger partial charge on any atom is 0.129 e. The van der Waals surface area contributed by atoms with Gasteiger partial charge in [-0.15, -0.1) is 0 Å². The van der Waals surface area contributed by atoms with Crippen molar-refractivity contribution in [3.63, 3.8) is 0 Å². The number of nitrogens with one attached hydrogen (secondary N) is 1. The first kappa shape index (κ1) is 13.3. The molecule has 1 aromatic carbocycles. The van der Waals surface area contributed by atoms with Gasteiger partial charge in [-0.1, -0.05) is 25.3 Å². The molecule has 1 N–H and O–H groups in total. The van der Waals surface area contributed by atoms with Crippen molar-refractivity contribution in [2.75, 3.05) is 19.0 Å². The van der Waals surface area contributed by atoms with Gasteiger partial charge in [0.25, 0.3) is 0 Å². The molecular weight excluding hydrogens is 227 g/mol. The molecule has 1 fully saturated rings. The monoisotopic (exact) mass is 250 g/mol. The maximum absolute atomic E-state index is 13.9. The van der Waals surface area contributed by atoms with Crippen LogP contribution in [0.15, 0.2) is 18.2 Å². The van der Waals surface area contributed by atoms with Crippen LogP contribution >= 0.6 is 0 Å². The highest BCUT2D eigenvalue weighted by Crippen LogP contribution is 2.29. The number of benzene rings is 1. The molecule has 18 heavy (non-hydrogen) atoms.